The van der Waals surface area contributed by atoms with E-state index in [1.54, 1.807) is 43.3 Å². The number of ether oxygens (including phenoxy) is 1. The fourth-order valence-electron chi connectivity index (χ4n) is 1.97. The molecule has 126 valence electrons. The first-order valence-electron chi connectivity index (χ1n) is 6.91. The predicted octanol–water partition coefficient (Wildman–Crippen LogP) is -0.122. The monoisotopic (exact) mass is 431 g/mol. The van der Waals surface area contributed by atoms with Crippen LogP contribution >= 0.6 is 15.9 Å². The molecular weight excluding hydrogens is 417 g/mol. The quantitative estimate of drug-likeness (QED) is 0.375. The van der Waals surface area contributed by atoms with Gasteiger partial charge in [-0.1, -0.05) is 34.1 Å². The molecule has 0 aromatic heterocycles. The number of nitrogens with zero attached hydrogens (tertiary/aromatic N) is 1. The summed E-state index contributed by atoms with van der Waals surface area (Å²) in [4.78, 5) is 0. The Morgan fingerprint density at radius 2 is 1.96 bits per heavy atom. The number of sulfonamides is 1. The van der Waals surface area contributed by atoms with Gasteiger partial charge in [0.25, 0.3) is 10.0 Å². The SMILES string of the molecule is COc1cccc(/C=C/S(=O)(=O)/N=C(\[O-])c2ccc(Br)cc2C)c1.[Na+]. The zero-order valence-electron chi connectivity index (χ0n) is 14.1. The maximum atomic E-state index is 12.1. The summed E-state index contributed by atoms with van der Waals surface area (Å²) in [5.74, 6) is -0.191. The van der Waals surface area contributed by atoms with Crippen molar-refractivity contribution in [3.8, 4) is 5.75 Å². The maximum absolute atomic E-state index is 12.1. The van der Waals surface area contributed by atoms with Crippen LogP contribution in [0, 0.1) is 6.92 Å². The minimum absolute atomic E-state index is 0. The van der Waals surface area contributed by atoms with Crippen molar-refractivity contribution in [2.75, 3.05) is 7.11 Å². The van der Waals surface area contributed by atoms with Crippen LogP contribution in [0.2, 0.25) is 0 Å². The average Bonchev–Trinajstić information content (AvgIpc) is 2.52. The molecule has 8 heteroatoms. The van der Waals surface area contributed by atoms with Crippen LogP contribution < -0.4 is 39.4 Å². The molecule has 0 bridgehead atoms. The summed E-state index contributed by atoms with van der Waals surface area (Å²) in [7, 11) is -2.51. The molecule has 0 fully saturated rings. The van der Waals surface area contributed by atoms with Gasteiger partial charge in [-0.15, -0.1) is 0 Å². The number of halogens is 1. The summed E-state index contributed by atoms with van der Waals surface area (Å²) in [6.45, 7) is 1.71. The van der Waals surface area contributed by atoms with Crippen molar-refractivity contribution in [3.63, 3.8) is 0 Å². The van der Waals surface area contributed by atoms with E-state index in [0.29, 0.717) is 16.9 Å². The molecule has 2 rings (SSSR count). The van der Waals surface area contributed by atoms with Gasteiger partial charge in [0, 0.05) is 10.4 Å². The first kappa shape index (κ1) is 21.9. The molecule has 0 amide bonds. The van der Waals surface area contributed by atoms with Gasteiger partial charge in [-0.3, -0.25) is 0 Å². The number of benzene rings is 2. The van der Waals surface area contributed by atoms with Crippen molar-refractivity contribution in [1.29, 1.82) is 0 Å². The van der Waals surface area contributed by atoms with Crippen molar-refractivity contribution in [3.05, 3.63) is 69.0 Å². The second-order valence-electron chi connectivity index (χ2n) is 4.95. The molecule has 0 heterocycles. The average molecular weight is 432 g/mol. The van der Waals surface area contributed by atoms with Crippen LogP contribution in [0.25, 0.3) is 6.08 Å². The zero-order chi connectivity index (χ0) is 17.7. The molecule has 0 atom stereocenters. The molecule has 0 saturated carbocycles. The molecule has 2 aromatic carbocycles. The minimum Gasteiger partial charge on any atom is -0.858 e. The Kier molecular flexibility index (Phi) is 8.37. The van der Waals surface area contributed by atoms with Crippen molar-refractivity contribution in [2.24, 2.45) is 4.40 Å². The molecule has 0 aliphatic heterocycles. The van der Waals surface area contributed by atoms with E-state index in [1.165, 1.54) is 19.3 Å². The van der Waals surface area contributed by atoms with E-state index in [4.69, 9.17) is 4.74 Å². The van der Waals surface area contributed by atoms with Gasteiger partial charge < -0.3 is 9.84 Å². The normalized spacial score (nSPS) is 12.0. The van der Waals surface area contributed by atoms with E-state index in [-0.39, 0.29) is 35.1 Å². The van der Waals surface area contributed by atoms with E-state index >= 15 is 0 Å². The number of hydrogen-bond acceptors (Lipinski definition) is 4. The standard InChI is InChI=1S/C17H16BrNO4S.Na/c1-12-10-14(18)6-7-16(12)17(20)19-24(21,22)9-8-13-4-3-5-15(11-13)23-2;/h3-11H,1-2H3,(H,19,20);/q;+1/p-1/b9-8+;. The summed E-state index contributed by atoms with van der Waals surface area (Å²) in [5, 5.41) is 13.0. The Balaban J connectivity index is 0.00000312. The van der Waals surface area contributed by atoms with Crippen LogP contribution in [0.3, 0.4) is 0 Å². The van der Waals surface area contributed by atoms with Crippen LogP contribution in [0.4, 0.5) is 0 Å². The third kappa shape index (κ3) is 6.60. The molecule has 0 aliphatic rings. The third-order valence-electron chi connectivity index (χ3n) is 3.16. The van der Waals surface area contributed by atoms with Crippen LogP contribution in [-0.4, -0.2) is 21.4 Å². The van der Waals surface area contributed by atoms with Crippen molar-refractivity contribution in [1.82, 2.24) is 0 Å². The Morgan fingerprint density at radius 1 is 1.24 bits per heavy atom. The minimum atomic E-state index is -4.03. The maximum Gasteiger partial charge on any atom is 1.00 e. The smallest absolute Gasteiger partial charge is 0.858 e. The van der Waals surface area contributed by atoms with Gasteiger partial charge in [0.15, 0.2) is 0 Å². The molecule has 2 aromatic rings. The van der Waals surface area contributed by atoms with Crippen molar-refractivity contribution >= 4 is 37.9 Å². The van der Waals surface area contributed by atoms with E-state index in [1.807, 2.05) is 0 Å². The molecular formula is C17H15BrNNaO4S. The van der Waals surface area contributed by atoms with Gasteiger partial charge in [0.1, 0.15) is 5.75 Å². The van der Waals surface area contributed by atoms with Crippen LogP contribution in [-0.2, 0) is 10.0 Å². The molecule has 0 saturated heterocycles. The first-order chi connectivity index (χ1) is 11.3. The second kappa shape index (κ2) is 9.54. The molecule has 0 radical (unpaired) electrons. The number of rotatable bonds is 5. The molecule has 0 spiro atoms. The Labute approximate surface area is 177 Å². The van der Waals surface area contributed by atoms with Crippen LogP contribution in [0.1, 0.15) is 16.7 Å². The Morgan fingerprint density at radius 3 is 2.60 bits per heavy atom. The van der Waals surface area contributed by atoms with Crippen LogP contribution in [0.5, 0.6) is 5.75 Å². The van der Waals surface area contributed by atoms with Gasteiger partial charge in [-0.2, -0.15) is 12.8 Å². The zero-order valence-corrected chi connectivity index (χ0v) is 18.5. The van der Waals surface area contributed by atoms with Crippen LogP contribution in [0.15, 0.2) is 56.7 Å². The van der Waals surface area contributed by atoms with E-state index in [0.717, 1.165) is 9.88 Å². The van der Waals surface area contributed by atoms with E-state index < -0.39 is 15.9 Å². The molecule has 25 heavy (non-hydrogen) atoms. The fourth-order valence-corrected chi connectivity index (χ4v) is 3.17. The Bertz CT molecular complexity index is 911. The van der Waals surface area contributed by atoms with E-state index in [9.17, 15) is 13.5 Å². The molecule has 0 N–H and O–H groups in total. The largest absolute Gasteiger partial charge is 1.00 e. The summed E-state index contributed by atoms with van der Waals surface area (Å²) >= 11 is 3.29. The predicted molar refractivity (Wildman–Crippen MR) is 96.4 cm³/mol. The summed E-state index contributed by atoms with van der Waals surface area (Å²) in [5.41, 5.74) is 1.52. The fraction of sp³-hybridized carbons (Fsp3) is 0.118. The molecule has 0 unspecified atom stereocenters. The molecule has 0 aliphatic carbocycles. The summed E-state index contributed by atoms with van der Waals surface area (Å²) in [6.07, 6.45) is 1.36. The second-order valence-corrected chi connectivity index (χ2v) is 7.35. The third-order valence-corrected chi connectivity index (χ3v) is 4.55. The number of methoxy groups -OCH3 is 1. The van der Waals surface area contributed by atoms with Crippen molar-refractivity contribution < 1.29 is 47.8 Å². The van der Waals surface area contributed by atoms with Gasteiger partial charge >= 0.3 is 29.6 Å². The van der Waals surface area contributed by atoms with Crippen molar-refractivity contribution in [2.45, 2.75) is 6.92 Å². The number of aryl methyl sites for hydroxylation is 1. The summed E-state index contributed by atoms with van der Waals surface area (Å²) in [6, 6.07) is 11.8. The van der Waals surface area contributed by atoms with Gasteiger partial charge in [0.2, 0.25) is 0 Å². The van der Waals surface area contributed by atoms with Gasteiger partial charge in [-0.05, 0) is 54.0 Å². The first-order valence-corrected chi connectivity index (χ1v) is 9.21. The Hall–Kier alpha value is -1.12. The number of hydrogen-bond donors (Lipinski definition) is 0. The topological polar surface area (TPSA) is 78.8 Å². The summed E-state index contributed by atoms with van der Waals surface area (Å²) < 4.78 is 33.2. The molecule has 5 nitrogen and oxygen atoms in total. The van der Waals surface area contributed by atoms with Gasteiger partial charge in [-0.25, -0.2) is 0 Å². The van der Waals surface area contributed by atoms with Gasteiger partial charge in [0.05, 0.1) is 12.5 Å². The van der Waals surface area contributed by atoms with E-state index in [2.05, 4.69) is 20.3 Å².